The number of rotatable bonds is 3. The van der Waals surface area contributed by atoms with Crippen LogP contribution in [0.2, 0.25) is 0 Å². The number of aromatic nitrogens is 2. The van der Waals surface area contributed by atoms with Gasteiger partial charge in [-0.25, -0.2) is 14.4 Å². The molecule has 1 aliphatic heterocycles. The lowest BCUT2D eigenvalue weighted by Gasteiger charge is -2.26. The number of carbonyl (C=O) groups excluding carboxylic acids is 3. The van der Waals surface area contributed by atoms with Crippen LogP contribution in [-0.2, 0) is 15.8 Å². The summed E-state index contributed by atoms with van der Waals surface area (Å²) in [5, 5.41) is 6.13. The van der Waals surface area contributed by atoms with Crippen LogP contribution < -0.4 is 10.2 Å². The fourth-order valence-corrected chi connectivity index (χ4v) is 3.01. The number of amides is 4. The summed E-state index contributed by atoms with van der Waals surface area (Å²) in [6.45, 7) is 0. The predicted molar refractivity (Wildman–Crippen MR) is 104 cm³/mol. The van der Waals surface area contributed by atoms with Crippen molar-refractivity contribution in [3.63, 3.8) is 0 Å². The third-order valence-corrected chi connectivity index (χ3v) is 4.47. The molecule has 0 saturated carbocycles. The first-order chi connectivity index (χ1) is 14.7. The highest BCUT2D eigenvalue weighted by Gasteiger charge is 2.38. The van der Waals surface area contributed by atoms with Crippen molar-refractivity contribution in [2.75, 3.05) is 4.90 Å². The number of carbonyl (C=O) groups is 3. The Kier molecular flexibility index (Phi) is 4.90. The van der Waals surface area contributed by atoms with Crippen molar-refractivity contribution < 1.29 is 27.6 Å². The van der Waals surface area contributed by atoms with Gasteiger partial charge in [0.25, 0.3) is 11.8 Å². The molecule has 31 heavy (non-hydrogen) atoms. The molecular weight excluding hydrogens is 413 g/mol. The number of barbiturate groups is 1. The molecular formula is C21H13F3N4O3. The van der Waals surface area contributed by atoms with E-state index in [1.807, 2.05) is 23.5 Å². The maximum Gasteiger partial charge on any atom is 0.416 e. The number of urea groups is 1. The number of hydrogen-bond donors (Lipinski definition) is 1. The molecule has 0 spiro atoms. The second-order valence-corrected chi connectivity index (χ2v) is 6.56. The highest BCUT2D eigenvalue weighted by molar-refractivity contribution is 6.39. The zero-order valence-corrected chi connectivity index (χ0v) is 15.6. The van der Waals surface area contributed by atoms with Crippen molar-refractivity contribution in [1.82, 2.24) is 15.1 Å². The Balaban J connectivity index is 1.68. The van der Waals surface area contributed by atoms with E-state index in [1.165, 1.54) is 23.0 Å². The summed E-state index contributed by atoms with van der Waals surface area (Å²) < 4.78 is 40.6. The Hall–Kier alpha value is -4.21. The molecule has 4 amide bonds. The van der Waals surface area contributed by atoms with Gasteiger partial charge in [-0.3, -0.25) is 14.9 Å². The first kappa shape index (κ1) is 20.1. The van der Waals surface area contributed by atoms with Crippen LogP contribution in [0.5, 0.6) is 0 Å². The van der Waals surface area contributed by atoms with E-state index in [0.717, 1.165) is 17.8 Å². The third-order valence-electron chi connectivity index (χ3n) is 4.47. The maximum atomic E-state index is 13.0. The van der Waals surface area contributed by atoms with Crippen molar-refractivity contribution in [3.8, 4) is 5.69 Å². The Labute approximate surface area is 173 Å². The van der Waals surface area contributed by atoms with Gasteiger partial charge < -0.3 is 0 Å². The normalized spacial score (nSPS) is 16.0. The van der Waals surface area contributed by atoms with Crippen LogP contribution >= 0.6 is 0 Å². The fourth-order valence-electron chi connectivity index (χ4n) is 3.01. The standard InChI is InChI=1S/C21H13F3N4O3/c22-21(23,24)14-5-4-8-16(10-14)28-19(30)17(18(29)26-20(28)31)9-13-11-25-27(12-13)15-6-2-1-3-7-15/h1-12H,(H,26,29,31)/b17-9+. The van der Waals surface area contributed by atoms with E-state index in [-0.39, 0.29) is 5.69 Å². The number of benzene rings is 2. The van der Waals surface area contributed by atoms with Crippen LogP contribution in [0.1, 0.15) is 11.1 Å². The summed E-state index contributed by atoms with van der Waals surface area (Å²) in [7, 11) is 0. The minimum Gasteiger partial charge on any atom is -0.273 e. The lowest BCUT2D eigenvalue weighted by Crippen LogP contribution is -2.54. The molecule has 0 atom stereocenters. The highest BCUT2D eigenvalue weighted by atomic mass is 19.4. The fraction of sp³-hybridized carbons (Fsp3) is 0.0476. The molecule has 1 saturated heterocycles. The Morgan fingerprint density at radius 3 is 2.35 bits per heavy atom. The van der Waals surface area contributed by atoms with Gasteiger partial charge in [-0.15, -0.1) is 0 Å². The number of alkyl halides is 3. The monoisotopic (exact) mass is 426 g/mol. The van der Waals surface area contributed by atoms with Gasteiger partial charge in [0.15, 0.2) is 0 Å². The molecule has 1 aliphatic rings. The Morgan fingerprint density at radius 1 is 0.935 bits per heavy atom. The number of imide groups is 2. The second kappa shape index (κ2) is 7.56. The van der Waals surface area contributed by atoms with Gasteiger partial charge in [0.1, 0.15) is 5.57 Å². The number of anilines is 1. The topological polar surface area (TPSA) is 84.3 Å². The van der Waals surface area contributed by atoms with E-state index < -0.39 is 35.2 Å². The Morgan fingerprint density at radius 2 is 1.65 bits per heavy atom. The van der Waals surface area contributed by atoms with Crippen LogP contribution in [0.15, 0.2) is 72.6 Å². The molecule has 7 nitrogen and oxygen atoms in total. The van der Waals surface area contributed by atoms with Gasteiger partial charge in [-0.05, 0) is 36.4 Å². The van der Waals surface area contributed by atoms with Gasteiger partial charge >= 0.3 is 12.2 Å². The molecule has 4 rings (SSSR count). The predicted octanol–water partition coefficient (Wildman–Crippen LogP) is 3.56. The van der Waals surface area contributed by atoms with Crippen molar-refractivity contribution >= 4 is 29.6 Å². The summed E-state index contributed by atoms with van der Waals surface area (Å²) >= 11 is 0. The number of nitrogens with one attached hydrogen (secondary N) is 1. The van der Waals surface area contributed by atoms with E-state index in [9.17, 15) is 27.6 Å². The van der Waals surface area contributed by atoms with Gasteiger partial charge in [0, 0.05) is 11.8 Å². The molecule has 2 heterocycles. The first-order valence-electron chi connectivity index (χ1n) is 8.93. The van der Waals surface area contributed by atoms with Crippen LogP contribution in [-0.4, -0.2) is 27.6 Å². The lowest BCUT2D eigenvalue weighted by atomic mass is 10.1. The summed E-state index contributed by atoms with van der Waals surface area (Å²) in [6, 6.07) is 11.7. The van der Waals surface area contributed by atoms with E-state index in [2.05, 4.69) is 5.10 Å². The lowest BCUT2D eigenvalue weighted by molar-refractivity contribution is -0.137. The summed E-state index contributed by atoms with van der Waals surface area (Å²) in [4.78, 5) is 37.8. The summed E-state index contributed by atoms with van der Waals surface area (Å²) in [5.74, 6) is -1.99. The van der Waals surface area contributed by atoms with Crippen molar-refractivity contribution in [2.24, 2.45) is 0 Å². The molecule has 0 radical (unpaired) electrons. The Bertz CT molecular complexity index is 1220. The third kappa shape index (κ3) is 3.95. The molecule has 10 heteroatoms. The number of para-hydroxylation sites is 1. The van der Waals surface area contributed by atoms with E-state index in [0.29, 0.717) is 16.5 Å². The number of nitrogens with zero attached hydrogens (tertiary/aromatic N) is 3. The van der Waals surface area contributed by atoms with Gasteiger partial charge in [-0.1, -0.05) is 24.3 Å². The average molecular weight is 426 g/mol. The van der Waals surface area contributed by atoms with Crippen molar-refractivity contribution in [3.05, 3.63) is 83.7 Å². The quantitative estimate of drug-likeness (QED) is 0.513. The second-order valence-electron chi connectivity index (χ2n) is 6.56. The number of halogens is 3. The summed E-state index contributed by atoms with van der Waals surface area (Å²) in [6.07, 6.45) is -0.470. The van der Waals surface area contributed by atoms with E-state index in [4.69, 9.17) is 0 Å². The largest absolute Gasteiger partial charge is 0.416 e. The first-order valence-corrected chi connectivity index (χ1v) is 8.93. The zero-order valence-electron chi connectivity index (χ0n) is 15.6. The molecule has 1 aromatic heterocycles. The van der Waals surface area contributed by atoms with E-state index >= 15 is 0 Å². The summed E-state index contributed by atoms with van der Waals surface area (Å²) in [5.41, 5.74) is -0.620. The SMILES string of the molecule is O=C1NC(=O)N(c2cccc(C(F)(F)F)c2)C(=O)/C1=C/c1cnn(-c2ccccc2)c1. The molecule has 1 fully saturated rings. The molecule has 156 valence electrons. The molecule has 0 bridgehead atoms. The van der Waals surface area contributed by atoms with Crippen LogP contribution in [0.25, 0.3) is 11.8 Å². The number of hydrogen-bond acceptors (Lipinski definition) is 4. The van der Waals surface area contributed by atoms with Gasteiger partial charge in [0.2, 0.25) is 0 Å². The molecule has 2 aromatic carbocycles. The molecule has 0 aliphatic carbocycles. The van der Waals surface area contributed by atoms with Crippen LogP contribution in [0.3, 0.4) is 0 Å². The van der Waals surface area contributed by atoms with Gasteiger partial charge in [-0.2, -0.15) is 18.3 Å². The van der Waals surface area contributed by atoms with Crippen LogP contribution in [0, 0.1) is 0 Å². The van der Waals surface area contributed by atoms with Gasteiger partial charge in [0.05, 0.1) is 23.1 Å². The highest BCUT2D eigenvalue weighted by Crippen LogP contribution is 2.32. The van der Waals surface area contributed by atoms with Crippen molar-refractivity contribution in [2.45, 2.75) is 6.18 Å². The van der Waals surface area contributed by atoms with Crippen molar-refractivity contribution in [1.29, 1.82) is 0 Å². The zero-order chi connectivity index (χ0) is 22.2. The smallest absolute Gasteiger partial charge is 0.273 e. The minimum absolute atomic E-state index is 0.310. The molecule has 3 aromatic rings. The maximum absolute atomic E-state index is 13.0. The van der Waals surface area contributed by atoms with Crippen LogP contribution in [0.4, 0.5) is 23.7 Å². The minimum atomic E-state index is -4.66. The molecule has 0 unspecified atom stereocenters. The average Bonchev–Trinajstić information content (AvgIpc) is 3.20. The van der Waals surface area contributed by atoms with E-state index in [1.54, 1.807) is 18.3 Å². The molecule has 1 N–H and O–H groups in total.